The minimum atomic E-state index is -3.31. The fraction of sp³-hybridized carbons (Fsp3) is 0.643. The molecule has 12 nitrogen and oxygen atoms in total. The number of hydrogen-bond acceptors (Lipinski definition) is 11. The Morgan fingerprint density at radius 1 is 1.22 bits per heavy atom. The summed E-state index contributed by atoms with van der Waals surface area (Å²) in [6.07, 6.45) is 1.21. The second kappa shape index (κ2) is 9.81. The number of rotatable bonds is 12. The highest BCUT2D eigenvalue weighted by Crippen LogP contribution is 2.47. The Hall–Kier alpha value is -1.98. The van der Waals surface area contributed by atoms with E-state index >= 15 is 0 Å². The van der Waals surface area contributed by atoms with E-state index in [0.717, 1.165) is 0 Å². The lowest BCUT2D eigenvalue weighted by molar-refractivity contribution is 0.0197. The zero-order valence-corrected chi connectivity index (χ0v) is 16.2. The van der Waals surface area contributed by atoms with E-state index in [9.17, 15) is 9.67 Å². The average Bonchev–Trinajstić information content (AvgIpc) is 2.93. The largest absolute Gasteiger partial charge is 0.408 e. The first-order valence-corrected chi connectivity index (χ1v) is 10.1. The van der Waals surface area contributed by atoms with Crippen LogP contribution >= 0.6 is 7.60 Å². The summed E-state index contributed by atoms with van der Waals surface area (Å²) < 4.78 is 29.2. The predicted molar refractivity (Wildman–Crippen MR) is 97.8 cm³/mol. The van der Waals surface area contributed by atoms with Crippen LogP contribution in [0.3, 0.4) is 0 Å². The van der Waals surface area contributed by atoms with Gasteiger partial charge in [-0.3, -0.25) is 4.57 Å². The number of hydrogen-bond donors (Lipinski definition) is 3. The number of imidazole rings is 1. The Morgan fingerprint density at radius 3 is 2.56 bits per heavy atom. The van der Waals surface area contributed by atoms with Crippen molar-refractivity contribution in [3.05, 3.63) is 6.20 Å². The second-order valence-corrected chi connectivity index (χ2v) is 7.49. The first kappa shape index (κ1) is 21.3. The van der Waals surface area contributed by atoms with Crippen molar-refractivity contribution < 1.29 is 28.3 Å². The molecular weight excluding hydrogens is 379 g/mol. The molecule has 1 atom stereocenters. The van der Waals surface area contributed by atoms with Gasteiger partial charge in [-0.05, 0) is 13.8 Å². The third-order valence-corrected chi connectivity index (χ3v) is 5.16. The Bertz CT molecular complexity index is 777. The summed E-state index contributed by atoms with van der Waals surface area (Å²) in [7, 11) is -3.31. The molecule has 1 unspecified atom stereocenters. The molecule has 0 aliphatic rings. The fourth-order valence-corrected chi connectivity index (χ4v) is 3.52. The van der Waals surface area contributed by atoms with E-state index in [-0.39, 0.29) is 51.3 Å². The summed E-state index contributed by atoms with van der Waals surface area (Å²) in [5.74, 6) is -0.297. The van der Waals surface area contributed by atoms with Gasteiger partial charge in [0.2, 0.25) is 17.5 Å². The number of fused-ring (bicyclic) bond motifs is 1. The lowest BCUT2D eigenvalue weighted by Gasteiger charge is -2.19. The first-order valence-electron chi connectivity index (χ1n) is 8.38. The number of ether oxygens (including phenoxy) is 1. The van der Waals surface area contributed by atoms with Crippen LogP contribution in [0.5, 0.6) is 0 Å². The Kier molecular flexibility index (Phi) is 7.75. The number of nitrogen functional groups attached to an aromatic ring is 2. The van der Waals surface area contributed by atoms with Crippen LogP contribution in [0.25, 0.3) is 11.2 Å². The van der Waals surface area contributed by atoms with Gasteiger partial charge in [-0.1, -0.05) is 0 Å². The molecule has 0 aliphatic carbocycles. The molecule has 2 aromatic heterocycles. The molecule has 2 heterocycles. The van der Waals surface area contributed by atoms with Gasteiger partial charge in [0.1, 0.15) is 18.5 Å². The summed E-state index contributed by atoms with van der Waals surface area (Å²) in [5.41, 5.74) is 12.1. The quantitative estimate of drug-likeness (QED) is 0.415. The second-order valence-electron chi connectivity index (χ2n) is 5.49. The average molecular weight is 404 g/mol. The van der Waals surface area contributed by atoms with Crippen molar-refractivity contribution in [2.75, 3.05) is 50.8 Å². The Labute approximate surface area is 156 Å². The third kappa shape index (κ3) is 5.75. The number of nitrogens with zero attached hydrogens (tertiary/aromatic N) is 4. The van der Waals surface area contributed by atoms with E-state index in [0.29, 0.717) is 11.2 Å². The van der Waals surface area contributed by atoms with Crippen LogP contribution in [0.2, 0.25) is 0 Å². The number of anilines is 2. The van der Waals surface area contributed by atoms with E-state index in [1.165, 1.54) is 10.9 Å². The van der Waals surface area contributed by atoms with Gasteiger partial charge in [-0.25, -0.2) is 9.97 Å². The van der Waals surface area contributed by atoms with Gasteiger partial charge < -0.3 is 35.2 Å². The van der Waals surface area contributed by atoms with Crippen molar-refractivity contribution in [3.63, 3.8) is 0 Å². The van der Waals surface area contributed by atoms with Crippen LogP contribution < -0.4 is 16.3 Å². The van der Waals surface area contributed by atoms with E-state index in [2.05, 4.69) is 15.0 Å². The molecule has 0 aromatic carbocycles. The summed E-state index contributed by atoms with van der Waals surface area (Å²) in [6, 6.07) is 0. The predicted octanol–water partition coefficient (Wildman–Crippen LogP) is 0.268. The normalized spacial score (nSPS) is 13.1. The molecule has 152 valence electrons. The van der Waals surface area contributed by atoms with Crippen molar-refractivity contribution in [2.45, 2.75) is 13.8 Å². The maximum Gasteiger partial charge on any atom is 0.356 e. The van der Waals surface area contributed by atoms with Gasteiger partial charge >= 0.3 is 7.60 Å². The molecule has 0 saturated carbocycles. The smallest absolute Gasteiger partial charge is 0.356 e. The summed E-state index contributed by atoms with van der Waals surface area (Å²) >= 11 is 0. The van der Waals surface area contributed by atoms with Gasteiger partial charge in [-0.2, -0.15) is 4.98 Å². The van der Waals surface area contributed by atoms with Crippen LogP contribution in [0.15, 0.2) is 6.20 Å². The first-order chi connectivity index (χ1) is 12.9. The van der Waals surface area contributed by atoms with Gasteiger partial charge in [0.15, 0.2) is 0 Å². The van der Waals surface area contributed by atoms with Gasteiger partial charge in [0.25, 0.3) is 0 Å². The number of aromatic nitrogens is 4. The molecule has 0 aliphatic heterocycles. The Morgan fingerprint density at radius 2 is 1.93 bits per heavy atom. The molecule has 2 rings (SSSR count). The molecule has 0 amide bonds. The molecule has 5 N–H and O–H groups in total. The van der Waals surface area contributed by atoms with Gasteiger partial charge in [0.05, 0.1) is 32.6 Å². The highest BCUT2D eigenvalue weighted by molar-refractivity contribution is 7.53. The summed E-state index contributed by atoms with van der Waals surface area (Å²) in [6.45, 7) is 3.81. The van der Waals surface area contributed by atoms with Crippen LogP contribution in [0.1, 0.15) is 13.8 Å². The lowest BCUT2D eigenvalue weighted by Crippen LogP contribution is -2.27. The van der Waals surface area contributed by atoms with Crippen molar-refractivity contribution >= 4 is 30.7 Å². The zero-order chi connectivity index (χ0) is 19.9. The third-order valence-electron chi connectivity index (χ3n) is 3.36. The highest BCUT2D eigenvalue weighted by Gasteiger charge is 2.24. The monoisotopic (exact) mass is 404 g/mol. The van der Waals surface area contributed by atoms with Crippen LogP contribution in [-0.4, -0.2) is 64.2 Å². The number of aliphatic hydroxyl groups excluding tert-OH is 1. The minimum Gasteiger partial charge on any atom is -0.408 e. The lowest BCUT2D eigenvalue weighted by atomic mass is 10.2. The minimum absolute atomic E-state index is 0.0453. The molecule has 0 saturated heterocycles. The maximum absolute atomic E-state index is 12.3. The van der Waals surface area contributed by atoms with Crippen molar-refractivity contribution in [3.8, 4) is 0 Å². The van der Waals surface area contributed by atoms with E-state index in [1.54, 1.807) is 13.8 Å². The molecular formula is C14H25N6O6P. The SMILES string of the molecule is CCOP(=O)(COCC(CO)COn1c(N)nc2cnc(N)nc21)OCC. The Balaban J connectivity index is 1.93. The van der Waals surface area contributed by atoms with Crippen molar-refractivity contribution in [2.24, 2.45) is 5.92 Å². The van der Waals surface area contributed by atoms with Crippen LogP contribution in [-0.2, 0) is 18.3 Å². The van der Waals surface area contributed by atoms with Crippen molar-refractivity contribution in [1.82, 2.24) is 19.7 Å². The molecule has 27 heavy (non-hydrogen) atoms. The van der Waals surface area contributed by atoms with Crippen LogP contribution in [0.4, 0.5) is 11.9 Å². The fourth-order valence-electron chi connectivity index (χ4n) is 2.18. The summed E-state index contributed by atoms with van der Waals surface area (Å²) in [5, 5.41) is 9.52. The van der Waals surface area contributed by atoms with Crippen molar-refractivity contribution in [1.29, 1.82) is 0 Å². The van der Waals surface area contributed by atoms with Gasteiger partial charge in [-0.15, -0.1) is 4.73 Å². The zero-order valence-electron chi connectivity index (χ0n) is 15.3. The summed E-state index contributed by atoms with van der Waals surface area (Å²) in [4.78, 5) is 17.5. The standard InChI is InChI=1S/C14H25N6O6P/c1-3-25-27(22,26-4-2)9-23-7-10(6-21)8-24-20-12-11(18-14(20)16)5-17-13(15)19-12/h5,10,21H,3-4,6-9H2,1-2H3,(H2,16,18)(H2,15,17,19). The molecule has 13 heteroatoms. The van der Waals surface area contributed by atoms with Gasteiger partial charge in [0, 0.05) is 5.92 Å². The molecule has 0 radical (unpaired) electrons. The van der Waals surface area contributed by atoms with E-state index < -0.39 is 13.5 Å². The molecule has 0 fully saturated rings. The molecule has 2 aromatic rings. The van der Waals surface area contributed by atoms with E-state index in [1.807, 2.05) is 0 Å². The van der Waals surface area contributed by atoms with Crippen LogP contribution in [0, 0.1) is 5.92 Å². The molecule has 0 bridgehead atoms. The highest BCUT2D eigenvalue weighted by atomic mass is 31.2. The number of nitrogens with two attached hydrogens (primary N) is 2. The molecule has 0 spiro atoms. The number of aliphatic hydroxyl groups is 1. The topological polar surface area (TPSA) is 170 Å². The van der Waals surface area contributed by atoms with E-state index in [4.69, 9.17) is 30.1 Å². The maximum atomic E-state index is 12.3.